The van der Waals surface area contributed by atoms with Crippen LogP contribution in [0, 0.1) is 11.7 Å². The van der Waals surface area contributed by atoms with Gasteiger partial charge in [-0.2, -0.15) is 20.0 Å². The highest BCUT2D eigenvalue weighted by Gasteiger charge is 2.12. The maximum Gasteiger partial charge on any atom is 0.216 e. The van der Waals surface area contributed by atoms with Crippen LogP contribution < -0.4 is 0 Å². The molecule has 6 nitrogen and oxygen atoms in total. The zero-order valence-electron chi connectivity index (χ0n) is 15.0. The Morgan fingerprint density at radius 3 is 2.25 bits per heavy atom. The molecule has 7 heteroatoms. The molecule has 0 aliphatic carbocycles. The smallest absolute Gasteiger partial charge is 0.216 e. The maximum atomic E-state index is 5.38. The van der Waals surface area contributed by atoms with E-state index in [1.54, 1.807) is 4.68 Å². The predicted octanol–water partition coefficient (Wildman–Crippen LogP) is 4.83. The second kappa shape index (κ2) is 6.54. The van der Waals surface area contributed by atoms with Crippen molar-refractivity contribution in [2.45, 2.75) is 6.92 Å². The van der Waals surface area contributed by atoms with E-state index in [0.717, 1.165) is 22.0 Å². The van der Waals surface area contributed by atoms with Crippen LogP contribution in [0.3, 0.4) is 0 Å². The quantitative estimate of drug-likeness (QED) is 0.266. The number of benzene rings is 3. The topological polar surface area (TPSA) is 74.7 Å². The minimum atomic E-state index is 0.413. The first-order chi connectivity index (χ1) is 13.7. The van der Waals surface area contributed by atoms with Crippen LogP contribution in [-0.2, 0) is 0 Å². The SMILES string of the molecule is Cc1cc(-c2n[nH]c(=S)n2/N=C\c2c3ccccc3cc3ccccc23)n[nH]1. The average Bonchev–Trinajstić information content (AvgIpc) is 3.30. The number of hydrogen-bond acceptors (Lipinski definition) is 4. The van der Waals surface area contributed by atoms with Gasteiger partial charge < -0.3 is 0 Å². The van der Waals surface area contributed by atoms with Gasteiger partial charge >= 0.3 is 0 Å². The number of H-pyrrole nitrogens is 2. The van der Waals surface area contributed by atoms with E-state index in [-0.39, 0.29) is 0 Å². The number of fused-ring (bicyclic) bond motifs is 2. The van der Waals surface area contributed by atoms with Gasteiger partial charge in [0.2, 0.25) is 10.6 Å². The molecule has 0 aliphatic rings. The number of aromatic nitrogens is 5. The number of aromatic amines is 2. The second-order valence-electron chi connectivity index (χ2n) is 6.58. The van der Waals surface area contributed by atoms with Crippen molar-refractivity contribution in [3.05, 3.63) is 76.7 Å². The normalized spacial score (nSPS) is 11.8. The summed E-state index contributed by atoms with van der Waals surface area (Å²) in [5, 5.41) is 23.5. The molecule has 0 saturated carbocycles. The van der Waals surface area contributed by atoms with Crippen LogP contribution in [0.2, 0.25) is 0 Å². The number of hydrogen-bond donors (Lipinski definition) is 2. The Morgan fingerprint density at radius 1 is 0.929 bits per heavy atom. The molecule has 2 heterocycles. The van der Waals surface area contributed by atoms with E-state index in [9.17, 15) is 0 Å². The van der Waals surface area contributed by atoms with Crippen molar-refractivity contribution in [2.75, 3.05) is 0 Å². The molecule has 0 saturated heterocycles. The van der Waals surface area contributed by atoms with Crippen LogP contribution in [0.5, 0.6) is 0 Å². The van der Waals surface area contributed by atoms with Crippen LogP contribution in [0.15, 0.2) is 65.8 Å². The van der Waals surface area contributed by atoms with Crippen LogP contribution in [-0.4, -0.2) is 31.3 Å². The van der Waals surface area contributed by atoms with E-state index in [0.29, 0.717) is 16.3 Å². The zero-order valence-corrected chi connectivity index (χ0v) is 15.9. The number of nitrogens with one attached hydrogen (secondary N) is 2. The number of nitrogens with zero attached hydrogens (tertiary/aromatic N) is 4. The second-order valence-corrected chi connectivity index (χ2v) is 6.96. The summed E-state index contributed by atoms with van der Waals surface area (Å²) in [5.74, 6) is 0.565. The van der Waals surface area contributed by atoms with Gasteiger partial charge in [-0.1, -0.05) is 48.5 Å². The number of aryl methyl sites for hydroxylation is 1. The van der Waals surface area contributed by atoms with Gasteiger partial charge in [-0.25, -0.2) is 5.10 Å². The van der Waals surface area contributed by atoms with Crippen molar-refractivity contribution in [2.24, 2.45) is 5.10 Å². The first kappa shape index (κ1) is 16.6. The zero-order chi connectivity index (χ0) is 19.1. The third-order valence-corrected chi connectivity index (χ3v) is 4.96. The lowest BCUT2D eigenvalue weighted by atomic mass is 9.97. The van der Waals surface area contributed by atoms with E-state index < -0.39 is 0 Å². The van der Waals surface area contributed by atoms with Crippen molar-refractivity contribution in [1.82, 2.24) is 25.1 Å². The Morgan fingerprint density at radius 2 is 1.61 bits per heavy atom. The molecule has 5 aromatic rings. The lowest BCUT2D eigenvalue weighted by Gasteiger charge is -2.08. The highest BCUT2D eigenvalue weighted by Crippen LogP contribution is 2.27. The maximum absolute atomic E-state index is 5.38. The van der Waals surface area contributed by atoms with Crippen molar-refractivity contribution < 1.29 is 0 Å². The summed E-state index contributed by atoms with van der Waals surface area (Å²) in [6, 6.07) is 20.7. The highest BCUT2D eigenvalue weighted by atomic mass is 32.1. The standard InChI is InChI=1S/C21H16N6S/c1-13-10-19(24-23-13)20-25-26-21(28)27(20)22-12-18-16-8-4-2-6-14(16)11-15-7-3-5-9-17(15)18/h2-12H,1H3,(H,23,24)(H,26,28)/b22-12-. The largest absolute Gasteiger partial charge is 0.282 e. The molecule has 5 rings (SSSR count). The monoisotopic (exact) mass is 384 g/mol. The van der Waals surface area contributed by atoms with Crippen LogP contribution >= 0.6 is 12.2 Å². The molecule has 28 heavy (non-hydrogen) atoms. The Bertz CT molecular complexity index is 1350. The summed E-state index contributed by atoms with van der Waals surface area (Å²) in [6.07, 6.45) is 1.85. The average molecular weight is 384 g/mol. The van der Waals surface area contributed by atoms with Gasteiger partial charge in [-0.05, 0) is 52.8 Å². The summed E-state index contributed by atoms with van der Waals surface area (Å²) < 4.78 is 2.01. The molecule has 3 aromatic carbocycles. The van der Waals surface area contributed by atoms with Gasteiger partial charge in [0.15, 0.2) is 0 Å². The summed E-state index contributed by atoms with van der Waals surface area (Å²) >= 11 is 5.38. The fourth-order valence-electron chi connectivity index (χ4n) is 3.40. The van der Waals surface area contributed by atoms with Crippen molar-refractivity contribution >= 4 is 40.0 Å². The van der Waals surface area contributed by atoms with Gasteiger partial charge in [-0.15, -0.1) is 0 Å². The third kappa shape index (κ3) is 2.73. The molecule has 0 amide bonds. The van der Waals surface area contributed by atoms with Crippen LogP contribution in [0.4, 0.5) is 0 Å². The Labute approximate surface area is 165 Å². The molecular weight excluding hydrogens is 368 g/mol. The molecule has 0 spiro atoms. The fourth-order valence-corrected chi connectivity index (χ4v) is 3.58. The molecule has 136 valence electrons. The van der Waals surface area contributed by atoms with Crippen molar-refractivity contribution in [3.63, 3.8) is 0 Å². The third-order valence-electron chi connectivity index (χ3n) is 4.70. The molecule has 0 unspecified atom stereocenters. The minimum absolute atomic E-state index is 0.413. The van der Waals surface area contributed by atoms with E-state index in [1.165, 1.54) is 10.8 Å². The summed E-state index contributed by atoms with van der Waals surface area (Å²) in [5.41, 5.74) is 2.67. The molecule has 0 bridgehead atoms. The van der Waals surface area contributed by atoms with Gasteiger partial charge in [0.05, 0.1) is 6.21 Å². The van der Waals surface area contributed by atoms with Gasteiger partial charge in [0, 0.05) is 11.3 Å². The fraction of sp³-hybridized carbons (Fsp3) is 0.0476. The molecule has 0 atom stereocenters. The van der Waals surface area contributed by atoms with Gasteiger partial charge in [0.25, 0.3) is 0 Å². The molecule has 0 aliphatic heterocycles. The van der Waals surface area contributed by atoms with Crippen molar-refractivity contribution in [1.29, 1.82) is 0 Å². The van der Waals surface area contributed by atoms with Gasteiger partial charge in [-0.3, -0.25) is 5.10 Å². The van der Waals surface area contributed by atoms with E-state index in [4.69, 9.17) is 12.2 Å². The van der Waals surface area contributed by atoms with Crippen LogP contribution in [0.1, 0.15) is 11.3 Å². The van der Waals surface area contributed by atoms with E-state index in [1.807, 2.05) is 43.5 Å². The number of rotatable bonds is 3. The molecule has 0 fully saturated rings. The first-order valence-electron chi connectivity index (χ1n) is 8.85. The van der Waals surface area contributed by atoms with Crippen molar-refractivity contribution in [3.8, 4) is 11.5 Å². The molecule has 2 aromatic heterocycles. The Hall–Kier alpha value is -3.58. The predicted molar refractivity (Wildman–Crippen MR) is 114 cm³/mol. The summed E-state index contributed by atoms with van der Waals surface area (Å²) in [7, 11) is 0. The highest BCUT2D eigenvalue weighted by molar-refractivity contribution is 7.71. The van der Waals surface area contributed by atoms with Gasteiger partial charge in [0.1, 0.15) is 5.69 Å². The first-order valence-corrected chi connectivity index (χ1v) is 9.26. The summed E-state index contributed by atoms with van der Waals surface area (Å²) in [6.45, 7) is 1.94. The minimum Gasteiger partial charge on any atom is -0.282 e. The van der Waals surface area contributed by atoms with Crippen LogP contribution in [0.25, 0.3) is 33.1 Å². The van der Waals surface area contributed by atoms with E-state index >= 15 is 0 Å². The Kier molecular flexibility index (Phi) is 3.87. The molecular formula is C21H16N6S. The summed E-state index contributed by atoms with van der Waals surface area (Å²) in [4.78, 5) is 0. The lowest BCUT2D eigenvalue weighted by molar-refractivity contribution is 0.865. The molecule has 2 N–H and O–H groups in total. The Balaban J connectivity index is 1.72. The molecule has 0 radical (unpaired) electrons. The lowest BCUT2D eigenvalue weighted by Crippen LogP contribution is -1.96. The van der Waals surface area contributed by atoms with E-state index in [2.05, 4.69) is 55.8 Å².